The average molecular weight is 418 g/mol. The zero-order valence-corrected chi connectivity index (χ0v) is 16.0. The lowest BCUT2D eigenvalue weighted by molar-refractivity contribution is 0.0444. The highest BCUT2D eigenvalue weighted by Gasteiger charge is 2.13. The first-order valence-electron chi connectivity index (χ1n) is 7.70. The number of aryl methyl sites for hydroxylation is 1. The van der Waals surface area contributed by atoms with Crippen molar-refractivity contribution in [1.82, 2.24) is 4.98 Å². The Morgan fingerprint density at radius 2 is 1.96 bits per heavy atom. The van der Waals surface area contributed by atoms with Crippen LogP contribution in [-0.2, 0) is 4.74 Å². The number of rotatable bonds is 6. The normalized spacial score (nSPS) is 10.5. The van der Waals surface area contributed by atoms with Crippen LogP contribution >= 0.6 is 27.3 Å². The number of hydrogen-bond donors (Lipinski definition) is 0. The highest BCUT2D eigenvalue weighted by atomic mass is 79.9. The van der Waals surface area contributed by atoms with Gasteiger partial charge in [0, 0.05) is 15.4 Å². The maximum Gasteiger partial charge on any atom is 0.357 e. The summed E-state index contributed by atoms with van der Waals surface area (Å²) < 4.78 is 11.7. The minimum Gasteiger partial charge on any atom is -0.490 e. The molecular formula is C19H16BrNO3S. The third-order valence-electron chi connectivity index (χ3n) is 3.39. The number of ether oxygens (including phenoxy) is 2. The smallest absolute Gasteiger partial charge is 0.357 e. The molecule has 4 nitrogen and oxygen atoms in total. The standard InChI is InChI=1S/C19H16BrNO3S/c1-13-5-7-14(8-6-13)18-21-17(12-25-18)19(22)24-10-9-23-16-4-2-3-15(20)11-16/h2-8,11-12H,9-10H2,1H3. The first kappa shape index (κ1) is 17.6. The Bertz CT molecular complexity index is 861. The topological polar surface area (TPSA) is 48.4 Å². The lowest BCUT2D eigenvalue weighted by Gasteiger charge is -2.06. The summed E-state index contributed by atoms with van der Waals surface area (Å²) >= 11 is 4.80. The van der Waals surface area contributed by atoms with Gasteiger partial charge in [-0.3, -0.25) is 0 Å². The second-order valence-electron chi connectivity index (χ2n) is 5.35. The van der Waals surface area contributed by atoms with E-state index in [0.717, 1.165) is 20.8 Å². The molecule has 0 saturated carbocycles. The van der Waals surface area contributed by atoms with Gasteiger partial charge < -0.3 is 9.47 Å². The fourth-order valence-corrected chi connectivity index (χ4v) is 3.29. The molecule has 0 unspecified atom stereocenters. The Morgan fingerprint density at radius 3 is 2.72 bits per heavy atom. The molecule has 6 heteroatoms. The van der Waals surface area contributed by atoms with E-state index in [1.54, 1.807) is 5.38 Å². The quantitative estimate of drug-likeness (QED) is 0.412. The summed E-state index contributed by atoms with van der Waals surface area (Å²) in [5.74, 6) is 0.285. The van der Waals surface area contributed by atoms with Gasteiger partial charge >= 0.3 is 5.97 Å². The van der Waals surface area contributed by atoms with E-state index in [4.69, 9.17) is 9.47 Å². The van der Waals surface area contributed by atoms with Crippen LogP contribution in [-0.4, -0.2) is 24.2 Å². The van der Waals surface area contributed by atoms with E-state index < -0.39 is 5.97 Å². The molecule has 0 amide bonds. The maximum absolute atomic E-state index is 12.1. The van der Waals surface area contributed by atoms with Crippen molar-refractivity contribution in [1.29, 1.82) is 0 Å². The molecule has 0 saturated heterocycles. The molecule has 128 valence electrons. The first-order chi connectivity index (χ1) is 12.1. The molecule has 25 heavy (non-hydrogen) atoms. The second-order valence-corrected chi connectivity index (χ2v) is 7.12. The van der Waals surface area contributed by atoms with E-state index in [1.165, 1.54) is 16.9 Å². The highest BCUT2D eigenvalue weighted by Crippen LogP contribution is 2.24. The van der Waals surface area contributed by atoms with Gasteiger partial charge in [-0.25, -0.2) is 9.78 Å². The van der Waals surface area contributed by atoms with Crippen molar-refractivity contribution in [2.75, 3.05) is 13.2 Å². The summed E-state index contributed by atoms with van der Waals surface area (Å²) in [5.41, 5.74) is 2.50. The third-order valence-corrected chi connectivity index (χ3v) is 4.78. The van der Waals surface area contributed by atoms with Crippen molar-refractivity contribution in [2.24, 2.45) is 0 Å². The number of hydrogen-bond acceptors (Lipinski definition) is 5. The molecule has 0 atom stereocenters. The number of thiazole rings is 1. The van der Waals surface area contributed by atoms with Gasteiger partial charge in [0.15, 0.2) is 5.69 Å². The number of carbonyl (C=O) groups is 1. The summed E-state index contributed by atoms with van der Waals surface area (Å²) in [6.07, 6.45) is 0. The second kappa shape index (κ2) is 8.27. The van der Waals surface area contributed by atoms with Gasteiger partial charge in [0.1, 0.15) is 24.0 Å². The summed E-state index contributed by atoms with van der Waals surface area (Å²) in [4.78, 5) is 16.4. The van der Waals surface area contributed by atoms with Gasteiger partial charge in [-0.2, -0.15) is 0 Å². The van der Waals surface area contributed by atoms with E-state index >= 15 is 0 Å². The zero-order valence-electron chi connectivity index (χ0n) is 13.6. The maximum atomic E-state index is 12.1. The Balaban J connectivity index is 1.51. The van der Waals surface area contributed by atoms with Crippen LogP contribution in [0.15, 0.2) is 58.4 Å². The number of aromatic nitrogens is 1. The van der Waals surface area contributed by atoms with Crippen molar-refractivity contribution < 1.29 is 14.3 Å². The van der Waals surface area contributed by atoms with Crippen LogP contribution in [0.3, 0.4) is 0 Å². The predicted octanol–water partition coefficient (Wildman–Crippen LogP) is 5.12. The number of halogens is 1. The van der Waals surface area contributed by atoms with Gasteiger partial charge in [-0.1, -0.05) is 51.8 Å². The molecule has 2 aromatic carbocycles. The van der Waals surface area contributed by atoms with Crippen LogP contribution in [0.25, 0.3) is 10.6 Å². The fraction of sp³-hybridized carbons (Fsp3) is 0.158. The van der Waals surface area contributed by atoms with Crippen molar-refractivity contribution in [3.05, 3.63) is 69.6 Å². The summed E-state index contributed by atoms with van der Waals surface area (Å²) in [5, 5.41) is 2.52. The van der Waals surface area contributed by atoms with Crippen molar-refractivity contribution in [3.63, 3.8) is 0 Å². The van der Waals surface area contributed by atoms with E-state index in [1.807, 2.05) is 55.5 Å². The molecule has 0 aliphatic heterocycles. The van der Waals surface area contributed by atoms with Crippen LogP contribution < -0.4 is 4.74 Å². The lowest BCUT2D eigenvalue weighted by Crippen LogP contribution is -2.12. The molecule has 1 aromatic heterocycles. The van der Waals surface area contributed by atoms with E-state index in [9.17, 15) is 4.79 Å². The summed E-state index contributed by atoms with van der Waals surface area (Å²) in [6.45, 7) is 2.49. The van der Waals surface area contributed by atoms with Crippen molar-refractivity contribution in [3.8, 4) is 16.3 Å². The van der Waals surface area contributed by atoms with Crippen LogP contribution in [0.2, 0.25) is 0 Å². The number of benzene rings is 2. The van der Waals surface area contributed by atoms with Gasteiger partial charge in [0.2, 0.25) is 0 Å². The van der Waals surface area contributed by atoms with Gasteiger partial charge in [-0.15, -0.1) is 11.3 Å². The number of carbonyl (C=O) groups excluding carboxylic acids is 1. The highest BCUT2D eigenvalue weighted by molar-refractivity contribution is 9.10. The Hall–Kier alpha value is -2.18. The zero-order chi connectivity index (χ0) is 17.6. The van der Waals surface area contributed by atoms with E-state index in [-0.39, 0.29) is 13.2 Å². The average Bonchev–Trinajstić information content (AvgIpc) is 3.09. The Morgan fingerprint density at radius 1 is 1.16 bits per heavy atom. The Labute approximate surface area is 158 Å². The van der Waals surface area contributed by atoms with Gasteiger partial charge in [0.05, 0.1) is 0 Å². The molecule has 0 spiro atoms. The molecule has 0 fully saturated rings. The molecule has 0 bridgehead atoms. The van der Waals surface area contributed by atoms with Crippen molar-refractivity contribution >= 4 is 33.2 Å². The lowest BCUT2D eigenvalue weighted by atomic mass is 10.2. The Kier molecular flexibility index (Phi) is 5.83. The van der Waals surface area contributed by atoms with Crippen LogP contribution in [0.4, 0.5) is 0 Å². The van der Waals surface area contributed by atoms with Crippen LogP contribution in [0.1, 0.15) is 16.1 Å². The molecule has 0 aliphatic rings. The fourth-order valence-electron chi connectivity index (χ4n) is 2.12. The molecule has 3 aromatic rings. The third kappa shape index (κ3) is 4.90. The van der Waals surface area contributed by atoms with Crippen molar-refractivity contribution in [2.45, 2.75) is 6.92 Å². The van der Waals surface area contributed by atoms with E-state index in [2.05, 4.69) is 20.9 Å². The van der Waals surface area contributed by atoms with E-state index in [0.29, 0.717) is 5.69 Å². The molecule has 0 aliphatic carbocycles. The minimum atomic E-state index is -0.438. The minimum absolute atomic E-state index is 0.169. The monoisotopic (exact) mass is 417 g/mol. The molecular weight excluding hydrogens is 402 g/mol. The molecule has 3 rings (SSSR count). The number of esters is 1. The van der Waals surface area contributed by atoms with Gasteiger partial charge in [-0.05, 0) is 25.1 Å². The molecule has 1 heterocycles. The summed E-state index contributed by atoms with van der Waals surface area (Å²) in [6, 6.07) is 15.5. The van der Waals surface area contributed by atoms with Gasteiger partial charge in [0.25, 0.3) is 0 Å². The largest absolute Gasteiger partial charge is 0.490 e. The molecule has 0 radical (unpaired) electrons. The van der Waals surface area contributed by atoms with Crippen LogP contribution in [0.5, 0.6) is 5.75 Å². The SMILES string of the molecule is Cc1ccc(-c2nc(C(=O)OCCOc3cccc(Br)c3)cs2)cc1. The summed E-state index contributed by atoms with van der Waals surface area (Å²) in [7, 11) is 0. The first-order valence-corrected chi connectivity index (χ1v) is 9.37. The predicted molar refractivity (Wildman–Crippen MR) is 102 cm³/mol. The number of nitrogens with zero attached hydrogens (tertiary/aromatic N) is 1. The van der Waals surface area contributed by atoms with Crippen LogP contribution in [0, 0.1) is 6.92 Å². The molecule has 0 N–H and O–H groups in total.